The molecular weight excluding hydrogens is 440 g/mol. The van der Waals surface area contributed by atoms with E-state index in [1.165, 1.54) is 26.9 Å². The Bertz CT molecular complexity index is 807. The Morgan fingerprint density at radius 3 is 2.60 bits per heavy atom. The van der Waals surface area contributed by atoms with Crippen LogP contribution in [0.4, 0.5) is 0 Å². The fourth-order valence-electron chi connectivity index (χ4n) is 9.05. The van der Waals surface area contributed by atoms with E-state index >= 15 is 0 Å². The first-order chi connectivity index (χ1) is 16.6. The predicted molar refractivity (Wildman–Crippen MR) is 136 cm³/mol. The van der Waals surface area contributed by atoms with Crippen molar-refractivity contribution in [3.63, 3.8) is 0 Å². The van der Waals surface area contributed by atoms with Crippen LogP contribution in [0.2, 0.25) is 0 Å². The van der Waals surface area contributed by atoms with Gasteiger partial charge in [0.25, 0.3) is 0 Å². The van der Waals surface area contributed by atoms with Crippen LogP contribution in [0.5, 0.6) is 0 Å². The van der Waals surface area contributed by atoms with Crippen LogP contribution >= 0.6 is 0 Å². The molecule has 10 atom stereocenters. The Kier molecular flexibility index (Phi) is 8.05. The van der Waals surface area contributed by atoms with Crippen molar-refractivity contribution in [2.45, 2.75) is 92.1 Å². The maximum absolute atomic E-state index is 11.8. The molecule has 198 valence electrons. The van der Waals surface area contributed by atoms with Crippen LogP contribution < -0.4 is 0 Å². The van der Waals surface area contributed by atoms with Crippen LogP contribution in [0.1, 0.15) is 86.0 Å². The summed E-state index contributed by atoms with van der Waals surface area (Å²) in [4.78, 5) is 23.5. The summed E-state index contributed by atoms with van der Waals surface area (Å²) in [6.07, 6.45) is 13.2. The van der Waals surface area contributed by atoms with E-state index in [9.17, 15) is 9.59 Å². The molecule has 2 saturated carbocycles. The number of allylic oxidation sites excluding steroid dienone is 2. The third-order valence-corrected chi connectivity index (χ3v) is 10.9. The van der Waals surface area contributed by atoms with Crippen molar-refractivity contribution in [1.82, 2.24) is 0 Å². The van der Waals surface area contributed by atoms with Gasteiger partial charge in [-0.25, -0.2) is 0 Å². The average molecular weight is 489 g/mol. The monoisotopic (exact) mass is 488 g/mol. The lowest BCUT2D eigenvalue weighted by Gasteiger charge is -2.58. The van der Waals surface area contributed by atoms with Crippen molar-refractivity contribution in [3.05, 3.63) is 12.2 Å². The Hall–Kier alpha value is -1.36. The second-order valence-corrected chi connectivity index (χ2v) is 12.6. The largest absolute Gasteiger partial charge is 0.469 e. The number of fused-ring (bicyclic) bond motifs is 5. The Balaban J connectivity index is 1.60. The van der Waals surface area contributed by atoms with Gasteiger partial charge in [-0.1, -0.05) is 46.3 Å². The molecule has 3 unspecified atom stereocenters. The minimum absolute atomic E-state index is 0.0434. The molecule has 0 amide bonds. The predicted octanol–water partition coefficient (Wildman–Crippen LogP) is 6.20. The molecule has 4 aliphatic rings. The highest BCUT2D eigenvalue weighted by Gasteiger charge is 2.58. The second-order valence-electron chi connectivity index (χ2n) is 12.6. The normalized spacial score (nSPS) is 43.7. The number of ether oxygens (including phenoxy) is 3. The molecule has 1 heterocycles. The lowest BCUT2D eigenvalue weighted by Crippen LogP contribution is -2.54. The summed E-state index contributed by atoms with van der Waals surface area (Å²) in [5.41, 5.74) is 0.363. The topological polar surface area (TPSA) is 61.8 Å². The molecule has 35 heavy (non-hydrogen) atoms. The van der Waals surface area contributed by atoms with Gasteiger partial charge < -0.3 is 14.2 Å². The molecule has 0 aromatic carbocycles. The highest BCUT2D eigenvalue weighted by atomic mass is 16.5. The molecule has 5 nitrogen and oxygen atoms in total. The second kappa shape index (κ2) is 10.6. The number of hydrogen-bond donors (Lipinski definition) is 0. The molecular formula is C30H48O5. The fraction of sp³-hybridized carbons (Fsp3) is 0.867. The summed E-state index contributed by atoms with van der Waals surface area (Å²) in [7, 11) is 1.48. The van der Waals surface area contributed by atoms with Crippen molar-refractivity contribution in [1.29, 1.82) is 0 Å². The fourth-order valence-corrected chi connectivity index (χ4v) is 9.05. The smallest absolute Gasteiger partial charge is 0.305 e. The van der Waals surface area contributed by atoms with Crippen LogP contribution in [0.15, 0.2) is 12.2 Å². The van der Waals surface area contributed by atoms with Crippen LogP contribution in [0.25, 0.3) is 0 Å². The Labute approximate surface area is 212 Å². The number of esters is 2. The van der Waals surface area contributed by atoms with Gasteiger partial charge in [-0.05, 0) is 90.8 Å². The van der Waals surface area contributed by atoms with Crippen molar-refractivity contribution in [2.24, 2.45) is 52.3 Å². The van der Waals surface area contributed by atoms with Crippen molar-refractivity contribution in [2.75, 3.05) is 20.3 Å². The van der Waals surface area contributed by atoms with E-state index in [4.69, 9.17) is 14.2 Å². The summed E-state index contributed by atoms with van der Waals surface area (Å²) in [5, 5.41) is 0. The first-order valence-electron chi connectivity index (χ1n) is 14.1. The van der Waals surface area contributed by atoms with Crippen molar-refractivity contribution >= 4 is 11.9 Å². The summed E-state index contributed by atoms with van der Waals surface area (Å²) >= 11 is 0. The summed E-state index contributed by atoms with van der Waals surface area (Å²) in [6, 6.07) is 0. The third-order valence-electron chi connectivity index (χ3n) is 10.9. The first-order valence-corrected chi connectivity index (χ1v) is 14.1. The molecule has 1 saturated heterocycles. The van der Waals surface area contributed by atoms with Crippen LogP contribution in [-0.4, -0.2) is 38.4 Å². The molecule has 1 aliphatic heterocycles. The van der Waals surface area contributed by atoms with E-state index in [1.807, 2.05) is 0 Å². The van der Waals surface area contributed by atoms with Crippen molar-refractivity contribution < 1.29 is 23.8 Å². The molecule has 0 bridgehead atoms. The highest BCUT2D eigenvalue weighted by Crippen LogP contribution is 2.64. The Morgan fingerprint density at radius 1 is 1.14 bits per heavy atom. The van der Waals surface area contributed by atoms with Gasteiger partial charge in [0.05, 0.1) is 13.7 Å². The Morgan fingerprint density at radius 2 is 1.91 bits per heavy atom. The zero-order chi connectivity index (χ0) is 25.4. The quantitative estimate of drug-likeness (QED) is 0.329. The molecule has 3 aliphatic carbocycles. The maximum Gasteiger partial charge on any atom is 0.305 e. The lowest BCUT2D eigenvalue weighted by molar-refractivity contribution is -0.159. The number of methoxy groups -OCH3 is 1. The van der Waals surface area contributed by atoms with Gasteiger partial charge in [0.1, 0.15) is 6.10 Å². The van der Waals surface area contributed by atoms with E-state index in [0.29, 0.717) is 47.8 Å². The molecule has 0 aromatic heterocycles. The number of rotatable bonds is 6. The van der Waals surface area contributed by atoms with Crippen molar-refractivity contribution in [3.8, 4) is 0 Å². The number of carbonyl (C=O) groups excluding carboxylic acids is 2. The first kappa shape index (κ1) is 26.7. The van der Waals surface area contributed by atoms with E-state index in [2.05, 4.69) is 39.8 Å². The van der Waals surface area contributed by atoms with Crippen LogP contribution in [-0.2, 0) is 23.8 Å². The third kappa shape index (κ3) is 4.95. The standard InChI is InChI=1S/C30H48O5/c1-7-21-17-34-18-23-25-10-9-24(19(2)8-11-28(32)33-6)29(25,4)15-13-26(23)30(5)14-12-22(16-27(21)30)35-20(3)31/h13,15,19,21-27H,7-12,14,16-18H2,1-6H3/t19-,21+,22-,23?,24-,25?,26?,27+,29-,30-/m1/s1. The maximum atomic E-state index is 11.8. The van der Waals surface area contributed by atoms with E-state index < -0.39 is 0 Å². The highest BCUT2D eigenvalue weighted by molar-refractivity contribution is 5.69. The minimum atomic E-state index is -0.154. The summed E-state index contributed by atoms with van der Waals surface area (Å²) in [5.74, 6) is 3.49. The molecule has 0 radical (unpaired) electrons. The number of hydrogen-bond acceptors (Lipinski definition) is 5. The molecule has 4 rings (SSSR count). The van der Waals surface area contributed by atoms with E-state index in [1.54, 1.807) is 0 Å². The van der Waals surface area contributed by atoms with Gasteiger partial charge in [-0.15, -0.1) is 0 Å². The van der Waals surface area contributed by atoms with Gasteiger partial charge in [-0.3, -0.25) is 9.59 Å². The van der Waals surface area contributed by atoms with Crippen LogP contribution in [0, 0.1) is 52.3 Å². The van der Waals surface area contributed by atoms with Crippen LogP contribution in [0.3, 0.4) is 0 Å². The zero-order valence-corrected chi connectivity index (χ0v) is 22.9. The molecule has 5 heteroatoms. The molecule has 0 N–H and O–H groups in total. The summed E-state index contributed by atoms with van der Waals surface area (Å²) in [6.45, 7) is 12.8. The lowest BCUT2D eigenvalue weighted by atomic mass is 9.49. The van der Waals surface area contributed by atoms with Gasteiger partial charge in [0, 0.05) is 20.0 Å². The van der Waals surface area contributed by atoms with Gasteiger partial charge in [0.2, 0.25) is 0 Å². The van der Waals surface area contributed by atoms with Gasteiger partial charge >= 0.3 is 11.9 Å². The average Bonchev–Trinajstić information content (AvgIpc) is 3.17. The van der Waals surface area contributed by atoms with E-state index in [-0.39, 0.29) is 28.9 Å². The SMILES string of the molecule is CC[C@H]1COCC2C3CC[C@H]([C@H](C)CCC(=O)OC)[C@@]3(C)C=CC2[C@@]2(C)CC[C@@H](OC(C)=O)C[C@@H]12. The number of carbonyl (C=O) groups is 2. The molecule has 0 aromatic rings. The van der Waals surface area contributed by atoms with Gasteiger partial charge in [0.15, 0.2) is 0 Å². The van der Waals surface area contributed by atoms with E-state index in [0.717, 1.165) is 45.3 Å². The minimum Gasteiger partial charge on any atom is -0.469 e. The van der Waals surface area contributed by atoms with Gasteiger partial charge in [-0.2, -0.15) is 0 Å². The molecule has 0 spiro atoms. The summed E-state index contributed by atoms with van der Waals surface area (Å²) < 4.78 is 17.1. The molecule has 3 fully saturated rings. The zero-order valence-electron chi connectivity index (χ0n) is 22.9.